The Balaban J connectivity index is 1.36. The van der Waals surface area contributed by atoms with Gasteiger partial charge in [0.05, 0.1) is 23.4 Å². The lowest BCUT2D eigenvalue weighted by Gasteiger charge is -2.06. The van der Waals surface area contributed by atoms with Gasteiger partial charge in [0.15, 0.2) is 0 Å². The average molecular weight is 417 g/mol. The maximum Gasteiger partial charge on any atom is 0.233 e. The highest BCUT2D eigenvalue weighted by atomic mass is 32.1. The molecule has 0 aliphatic rings. The van der Waals surface area contributed by atoms with Gasteiger partial charge in [-0.1, -0.05) is 12.1 Å². The molecule has 150 valence electrons. The van der Waals surface area contributed by atoms with Gasteiger partial charge >= 0.3 is 0 Å². The minimum Gasteiger partial charge on any atom is -0.351 e. The van der Waals surface area contributed by atoms with E-state index in [1.54, 1.807) is 29.7 Å². The summed E-state index contributed by atoms with van der Waals surface area (Å²) < 4.78 is 0. The Morgan fingerprint density at radius 3 is 2.80 bits per heavy atom. The monoisotopic (exact) mass is 417 g/mol. The summed E-state index contributed by atoms with van der Waals surface area (Å²) in [5, 5.41) is 15.6. The lowest BCUT2D eigenvalue weighted by Crippen LogP contribution is -2.27. The van der Waals surface area contributed by atoms with Gasteiger partial charge in [-0.15, -0.1) is 11.3 Å². The molecule has 0 saturated carbocycles. The third kappa shape index (κ3) is 4.98. The van der Waals surface area contributed by atoms with Crippen LogP contribution < -0.4 is 10.6 Å². The number of thiophene rings is 1. The fourth-order valence-corrected chi connectivity index (χ4v) is 3.54. The summed E-state index contributed by atoms with van der Waals surface area (Å²) in [6, 6.07) is 15.0. The molecular weight excluding hydrogens is 398 g/mol. The van der Waals surface area contributed by atoms with E-state index in [4.69, 9.17) is 0 Å². The van der Waals surface area contributed by atoms with E-state index in [-0.39, 0.29) is 18.2 Å². The number of benzene rings is 1. The van der Waals surface area contributed by atoms with E-state index in [0.717, 1.165) is 27.2 Å². The Morgan fingerprint density at radius 1 is 1.07 bits per heavy atom. The zero-order valence-corrected chi connectivity index (χ0v) is 16.8. The van der Waals surface area contributed by atoms with E-state index < -0.39 is 0 Å². The second-order valence-corrected chi connectivity index (χ2v) is 7.57. The Hall–Kier alpha value is -3.78. The molecule has 0 saturated heterocycles. The number of pyridine rings is 1. The minimum absolute atomic E-state index is 0.232. The molecule has 3 aromatic heterocycles. The first-order valence-electron chi connectivity index (χ1n) is 9.33. The average Bonchev–Trinajstić information content (AvgIpc) is 3.41. The van der Waals surface area contributed by atoms with Crippen LogP contribution in [0.5, 0.6) is 0 Å². The number of amides is 2. The lowest BCUT2D eigenvalue weighted by molar-refractivity contribution is -0.126. The number of hydrogen-bond acceptors (Lipinski definition) is 5. The molecule has 0 fully saturated rings. The number of nitrogens with zero attached hydrogens (tertiary/aromatic N) is 2. The number of hydrogen-bond donors (Lipinski definition) is 3. The number of aromatic amines is 1. The topological polar surface area (TPSA) is 99.8 Å². The number of anilines is 1. The lowest BCUT2D eigenvalue weighted by atomic mass is 10.1. The van der Waals surface area contributed by atoms with Gasteiger partial charge in [0, 0.05) is 22.1 Å². The number of nitrogens with one attached hydrogen (secondary N) is 3. The van der Waals surface area contributed by atoms with Crippen LogP contribution in [0.1, 0.15) is 22.7 Å². The quantitative estimate of drug-likeness (QED) is 0.398. The maximum absolute atomic E-state index is 12.2. The van der Waals surface area contributed by atoms with Gasteiger partial charge in [-0.25, -0.2) is 0 Å². The van der Waals surface area contributed by atoms with Crippen LogP contribution in [0.3, 0.4) is 0 Å². The van der Waals surface area contributed by atoms with Crippen molar-refractivity contribution in [3.8, 4) is 0 Å². The van der Waals surface area contributed by atoms with Crippen LogP contribution in [0.15, 0.2) is 60.1 Å². The molecule has 0 aliphatic heterocycles. The summed E-state index contributed by atoms with van der Waals surface area (Å²) in [6.45, 7) is 0.429. The molecule has 1 aromatic carbocycles. The molecule has 0 atom stereocenters. The predicted octanol–water partition coefficient (Wildman–Crippen LogP) is 3.83. The summed E-state index contributed by atoms with van der Waals surface area (Å²) in [6.07, 6.45) is 5.28. The largest absolute Gasteiger partial charge is 0.351 e. The molecule has 0 spiro atoms. The fourth-order valence-electron chi connectivity index (χ4n) is 2.90. The molecule has 7 nitrogen and oxygen atoms in total. The van der Waals surface area contributed by atoms with E-state index in [0.29, 0.717) is 12.2 Å². The van der Waals surface area contributed by atoms with Gasteiger partial charge in [-0.3, -0.25) is 19.7 Å². The van der Waals surface area contributed by atoms with Crippen molar-refractivity contribution in [3.63, 3.8) is 0 Å². The van der Waals surface area contributed by atoms with Crippen molar-refractivity contribution in [2.24, 2.45) is 0 Å². The number of carbonyl (C=O) groups is 2. The van der Waals surface area contributed by atoms with E-state index in [9.17, 15) is 9.59 Å². The van der Waals surface area contributed by atoms with Gasteiger partial charge < -0.3 is 10.6 Å². The Bertz CT molecular complexity index is 1180. The van der Waals surface area contributed by atoms with E-state index in [2.05, 4.69) is 25.8 Å². The fraction of sp³-hybridized carbons (Fsp3) is 0.0909. The van der Waals surface area contributed by atoms with E-state index >= 15 is 0 Å². The summed E-state index contributed by atoms with van der Waals surface area (Å²) in [5.41, 5.74) is 3.01. The molecule has 8 heteroatoms. The van der Waals surface area contributed by atoms with Crippen molar-refractivity contribution in [2.75, 3.05) is 5.32 Å². The standard InChI is InChI=1S/C22H19N5O2S/c28-21(24-14-17-5-3-11-30-17)13-22(29)25-16-6-8-18-19(26-27-20(18)12-16)9-7-15-4-1-2-10-23-15/h1-12H,13-14H2,(H,24,28)(H,25,29)(H,26,27). The molecule has 2 amide bonds. The number of fused-ring (bicyclic) bond motifs is 1. The molecule has 0 bridgehead atoms. The zero-order chi connectivity index (χ0) is 20.8. The van der Waals surface area contributed by atoms with Crippen LogP contribution >= 0.6 is 11.3 Å². The Kier molecular flexibility index (Phi) is 5.95. The van der Waals surface area contributed by atoms with E-state index in [1.807, 2.05) is 53.9 Å². The van der Waals surface area contributed by atoms with E-state index in [1.165, 1.54) is 0 Å². The normalized spacial score (nSPS) is 11.1. The minimum atomic E-state index is -0.368. The van der Waals surface area contributed by atoms with Crippen molar-refractivity contribution < 1.29 is 9.59 Å². The van der Waals surface area contributed by atoms with Gasteiger partial charge in [0.25, 0.3) is 0 Å². The highest BCUT2D eigenvalue weighted by Gasteiger charge is 2.11. The van der Waals surface area contributed by atoms with Crippen molar-refractivity contribution >= 4 is 51.9 Å². The van der Waals surface area contributed by atoms with Crippen LogP contribution in [-0.4, -0.2) is 27.0 Å². The number of carbonyl (C=O) groups excluding carboxylic acids is 2. The molecule has 30 heavy (non-hydrogen) atoms. The molecule has 0 radical (unpaired) electrons. The van der Waals surface area contributed by atoms with Gasteiger partial charge in [-0.05, 0) is 53.9 Å². The molecule has 4 rings (SSSR count). The zero-order valence-electron chi connectivity index (χ0n) is 16.0. The summed E-state index contributed by atoms with van der Waals surface area (Å²) in [4.78, 5) is 29.4. The maximum atomic E-state index is 12.2. The van der Waals surface area contributed by atoms with Crippen LogP contribution in [0.25, 0.3) is 23.1 Å². The number of rotatable bonds is 7. The second-order valence-electron chi connectivity index (χ2n) is 6.54. The predicted molar refractivity (Wildman–Crippen MR) is 119 cm³/mol. The van der Waals surface area contributed by atoms with Crippen molar-refractivity contribution in [1.82, 2.24) is 20.5 Å². The molecule has 0 aliphatic carbocycles. The number of aromatic nitrogens is 3. The van der Waals surface area contributed by atoms with Crippen molar-refractivity contribution in [3.05, 3.63) is 76.4 Å². The van der Waals surface area contributed by atoms with Crippen LogP contribution in [0.2, 0.25) is 0 Å². The van der Waals surface area contributed by atoms with Crippen LogP contribution in [-0.2, 0) is 16.1 Å². The van der Waals surface area contributed by atoms with Crippen molar-refractivity contribution in [1.29, 1.82) is 0 Å². The molecular formula is C22H19N5O2S. The first-order chi connectivity index (χ1) is 14.7. The smallest absolute Gasteiger partial charge is 0.233 e. The highest BCUT2D eigenvalue weighted by Crippen LogP contribution is 2.22. The third-order valence-electron chi connectivity index (χ3n) is 4.34. The van der Waals surface area contributed by atoms with Crippen LogP contribution in [0, 0.1) is 0 Å². The Morgan fingerprint density at radius 2 is 2.00 bits per heavy atom. The summed E-state index contributed by atoms with van der Waals surface area (Å²) in [5.74, 6) is -0.682. The highest BCUT2D eigenvalue weighted by molar-refractivity contribution is 7.09. The van der Waals surface area contributed by atoms with Gasteiger partial charge in [0.2, 0.25) is 11.8 Å². The number of H-pyrrole nitrogens is 1. The molecule has 0 unspecified atom stereocenters. The molecule has 3 N–H and O–H groups in total. The van der Waals surface area contributed by atoms with Crippen molar-refractivity contribution in [2.45, 2.75) is 13.0 Å². The molecule has 3 heterocycles. The first kappa shape index (κ1) is 19.5. The Labute approximate surface area is 176 Å². The third-order valence-corrected chi connectivity index (χ3v) is 5.21. The first-order valence-corrected chi connectivity index (χ1v) is 10.2. The van der Waals surface area contributed by atoms with Gasteiger partial charge in [-0.2, -0.15) is 5.10 Å². The summed E-state index contributed by atoms with van der Waals surface area (Å²) >= 11 is 1.56. The molecule has 4 aromatic rings. The van der Waals surface area contributed by atoms with Gasteiger partial charge in [0.1, 0.15) is 6.42 Å². The second kappa shape index (κ2) is 9.15. The van der Waals surface area contributed by atoms with Crippen LogP contribution in [0.4, 0.5) is 5.69 Å². The SMILES string of the molecule is O=C(CC(=O)Nc1ccc2c(C=Cc3ccccn3)n[nH]c2c1)NCc1cccs1. The summed E-state index contributed by atoms with van der Waals surface area (Å²) in [7, 11) is 0.